The van der Waals surface area contributed by atoms with Gasteiger partial charge in [-0.15, -0.1) is 0 Å². The smallest absolute Gasteiger partial charge is 0.383 e. The van der Waals surface area contributed by atoms with Crippen LogP contribution < -0.4 is 5.32 Å². The maximum Gasteiger partial charge on any atom is 0.416 e. The van der Waals surface area contributed by atoms with E-state index in [1.54, 1.807) is 31.0 Å². The fourth-order valence-electron chi connectivity index (χ4n) is 1.86. The molecule has 1 aromatic carbocycles. The lowest BCUT2D eigenvalue weighted by molar-refractivity contribution is -0.137. The molecule has 0 aliphatic heterocycles. The third-order valence-corrected chi connectivity index (χ3v) is 3.06. The van der Waals surface area contributed by atoms with E-state index in [0.717, 1.165) is 12.1 Å². The van der Waals surface area contributed by atoms with Gasteiger partial charge in [-0.3, -0.25) is 0 Å². The summed E-state index contributed by atoms with van der Waals surface area (Å²) in [6.45, 7) is 2.80. The zero-order chi connectivity index (χ0) is 15.5. The van der Waals surface area contributed by atoms with Crippen LogP contribution in [0, 0.1) is 6.92 Å². The third kappa shape index (κ3) is 3.75. The van der Waals surface area contributed by atoms with Crippen molar-refractivity contribution in [2.75, 3.05) is 19.0 Å². The van der Waals surface area contributed by atoms with Gasteiger partial charge >= 0.3 is 6.18 Å². The molecule has 21 heavy (non-hydrogen) atoms. The van der Waals surface area contributed by atoms with Gasteiger partial charge in [-0.25, -0.2) is 4.98 Å². The number of alkyl halides is 3. The number of benzene rings is 1. The summed E-state index contributed by atoms with van der Waals surface area (Å²) in [5, 5.41) is 2.94. The first-order chi connectivity index (χ1) is 9.91. The first kappa shape index (κ1) is 15.4. The number of methoxy groups -OCH3 is 1. The Hall–Kier alpha value is -2.02. The van der Waals surface area contributed by atoms with E-state index < -0.39 is 11.7 Å². The minimum Gasteiger partial charge on any atom is -0.383 e. The Labute approximate surface area is 120 Å². The molecular formula is C14H16F3N3O. The van der Waals surface area contributed by atoms with Crippen LogP contribution >= 0.6 is 0 Å². The largest absolute Gasteiger partial charge is 0.416 e. The van der Waals surface area contributed by atoms with Crippen LogP contribution in [0.3, 0.4) is 0 Å². The molecule has 0 saturated heterocycles. The van der Waals surface area contributed by atoms with E-state index in [-0.39, 0.29) is 0 Å². The predicted molar refractivity (Wildman–Crippen MR) is 73.6 cm³/mol. The summed E-state index contributed by atoms with van der Waals surface area (Å²) >= 11 is 0. The maximum atomic E-state index is 12.8. The zero-order valence-corrected chi connectivity index (χ0v) is 11.7. The molecule has 0 amide bonds. The number of hydrogen-bond acceptors (Lipinski definition) is 3. The van der Waals surface area contributed by atoms with Crippen LogP contribution in [-0.2, 0) is 17.5 Å². The van der Waals surface area contributed by atoms with Gasteiger partial charge in [0.05, 0.1) is 12.2 Å². The number of halogens is 3. The Kier molecular flexibility index (Phi) is 4.52. The normalized spacial score (nSPS) is 11.7. The molecule has 0 bridgehead atoms. The number of rotatable bonds is 5. The first-order valence-corrected chi connectivity index (χ1v) is 6.37. The van der Waals surface area contributed by atoms with Gasteiger partial charge in [0.25, 0.3) is 0 Å². The van der Waals surface area contributed by atoms with Crippen molar-refractivity contribution in [2.45, 2.75) is 19.6 Å². The molecule has 0 aliphatic carbocycles. The summed E-state index contributed by atoms with van der Waals surface area (Å²) in [5.74, 6) is 0.481. The average Bonchev–Trinajstić information content (AvgIpc) is 2.85. The summed E-state index contributed by atoms with van der Waals surface area (Å²) in [6, 6.07) is 3.59. The van der Waals surface area contributed by atoms with Gasteiger partial charge in [0, 0.05) is 31.7 Å². The summed E-state index contributed by atoms with van der Waals surface area (Å²) < 4.78 is 45.0. The van der Waals surface area contributed by atoms with E-state index in [1.807, 2.05) is 0 Å². The van der Waals surface area contributed by atoms with E-state index in [0.29, 0.717) is 30.4 Å². The monoisotopic (exact) mass is 299 g/mol. The van der Waals surface area contributed by atoms with Crippen LogP contribution in [0.4, 0.5) is 24.8 Å². The minimum absolute atomic E-state index is 0.384. The molecule has 0 radical (unpaired) electrons. The van der Waals surface area contributed by atoms with Crippen molar-refractivity contribution < 1.29 is 17.9 Å². The summed E-state index contributed by atoms with van der Waals surface area (Å²) in [7, 11) is 1.58. The molecule has 1 N–H and O–H groups in total. The second kappa shape index (κ2) is 6.17. The van der Waals surface area contributed by atoms with E-state index in [2.05, 4.69) is 10.3 Å². The molecule has 2 aromatic rings. The number of nitrogens with zero attached hydrogens (tertiary/aromatic N) is 2. The van der Waals surface area contributed by atoms with Crippen LogP contribution in [0.15, 0.2) is 30.6 Å². The summed E-state index contributed by atoms with van der Waals surface area (Å²) in [5.41, 5.74) is 0.407. The SMILES string of the molecule is COCCn1ccnc1Nc1cc(C(F)(F)F)ccc1C. The van der Waals surface area contributed by atoms with Crippen molar-refractivity contribution in [3.8, 4) is 0 Å². The maximum absolute atomic E-state index is 12.8. The van der Waals surface area contributed by atoms with E-state index in [1.165, 1.54) is 6.07 Å². The van der Waals surface area contributed by atoms with E-state index in [9.17, 15) is 13.2 Å². The number of hydrogen-bond donors (Lipinski definition) is 1. The third-order valence-electron chi connectivity index (χ3n) is 3.06. The summed E-state index contributed by atoms with van der Waals surface area (Å²) in [4.78, 5) is 4.11. The zero-order valence-electron chi connectivity index (χ0n) is 11.7. The van der Waals surface area contributed by atoms with E-state index in [4.69, 9.17) is 4.74 Å². The van der Waals surface area contributed by atoms with Crippen LogP contribution in [-0.4, -0.2) is 23.3 Å². The molecule has 0 spiro atoms. The number of ether oxygens (including phenoxy) is 1. The highest BCUT2D eigenvalue weighted by Crippen LogP contribution is 2.32. The van der Waals surface area contributed by atoms with Crippen LogP contribution in [0.5, 0.6) is 0 Å². The molecule has 0 aliphatic rings. The lowest BCUT2D eigenvalue weighted by atomic mass is 10.1. The number of imidazole rings is 1. The quantitative estimate of drug-likeness (QED) is 0.917. The van der Waals surface area contributed by atoms with Crippen molar-refractivity contribution in [1.82, 2.24) is 9.55 Å². The Balaban J connectivity index is 2.25. The molecule has 0 fully saturated rings. The first-order valence-electron chi connectivity index (χ1n) is 6.37. The highest BCUT2D eigenvalue weighted by atomic mass is 19.4. The van der Waals surface area contributed by atoms with Crippen LogP contribution in [0.2, 0.25) is 0 Å². The minimum atomic E-state index is -4.37. The highest BCUT2D eigenvalue weighted by Gasteiger charge is 2.30. The Morgan fingerprint density at radius 3 is 2.76 bits per heavy atom. The lowest BCUT2D eigenvalue weighted by Gasteiger charge is -2.14. The molecule has 114 valence electrons. The molecule has 2 rings (SSSR count). The molecular weight excluding hydrogens is 283 g/mol. The van der Waals surface area contributed by atoms with Crippen LogP contribution in [0.1, 0.15) is 11.1 Å². The number of aromatic nitrogens is 2. The second-order valence-corrected chi connectivity index (χ2v) is 4.59. The summed E-state index contributed by atoms with van der Waals surface area (Å²) in [6.07, 6.45) is -1.04. The van der Waals surface area contributed by atoms with Crippen molar-refractivity contribution in [3.63, 3.8) is 0 Å². The average molecular weight is 299 g/mol. The van der Waals surface area contributed by atoms with Gasteiger partial charge in [0.1, 0.15) is 0 Å². The molecule has 1 aromatic heterocycles. The van der Waals surface area contributed by atoms with Crippen molar-refractivity contribution in [1.29, 1.82) is 0 Å². The molecule has 7 heteroatoms. The number of aryl methyl sites for hydroxylation is 1. The lowest BCUT2D eigenvalue weighted by Crippen LogP contribution is -2.09. The van der Waals surface area contributed by atoms with Crippen LogP contribution in [0.25, 0.3) is 0 Å². The number of nitrogens with one attached hydrogen (secondary N) is 1. The van der Waals surface area contributed by atoms with Crippen molar-refractivity contribution in [3.05, 3.63) is 41.7 Å². The molecule has 0 unspecified atom stereocenters. The van der Waals surface area contributed by atoms with Gasteiger partial charge in [0.15, 0.2) is 0 Å². The molecule has 4 nitrogen and oxygen atoms in total. The fraction of sp³-hybridized carbons (Fsp3) is 0.357. The topological polar surface area (TPSA) is 39.1 Å². The fourth-order valence-corrected chi connectivity index (χ4v) is 1.86. The van der Waals surface area contributed by atoms with Gasteiger partial charge < -0.3 is 14.6 Å². The molecule has 0 atom stereocenters. The molecule has 0 saturated carbocycles. The second-order valence-electron chi connectivity index (χ2n) is 4.59. The van der Waals surface area contributed by atoms with Gasteiger partial charge in [-0.1, -0.05) is 6.07 Å². The van der Waals surface area contributed by atoms with Crippen molar-refractivity contribution >= 4 is 11.6 Å². The van der Waals surface area contributed by atoms with Gasteiger partial charge in [-0.2, -0.15) is 13.2 Å². The Bertz CT molecular complexity index is 608. The number of anilines is 2. The predicted octanol–water partition coefficient (Wildman–Crippen LogP) is 3.60. The Morgan fingerprint density at radius 2 is 2.10 bits per heavy atom. The molecule has 1 heterocycles. The highest BCUT2D eigenvalue weighted by molar-refractivity contribution is 5.60. The van der Waals surface area contributed by atoms with E-state index >= 15 is 0 Å². The van der Waals surface area contributed by atoms with Crippen molar-refractivity contribution in [2.24, 2.45) is 0 Å². The standard InChI is InChI=1S/C14H16F3N3O/c1-10-3-4-11(14(15,16)17)9-12(10)19-13-18-5-6-20(13)7-8-21-2/h3-6,9H,7-8H2,1-2H3,(H,18,19). The van der Waals surface area contributed by atoms with Gasteiger partial charge in [-0.05, 0) is 24.6 Å². The Morgan fingerprint density at radius 1 is 1.33 bits per heavy atom. The van der Waals surface area contributed by atoms with Gasteiger partial charge in [0.2, 0.25) is 5.95 Å².